The van der Waals surface area contributed by atoms with Crippen molar-refractivity contribution in [1.29, 1.82) is 0 Å². The van der Waals surface area contributed by atoms with Crippen LogP contribution in [0.4, 0.5) is 0 Å². The third kappa shape index (κ3) is 4.11. The lowest BCUT2D eigenvalue weighted by atomic mass is 10.0. The molecule has 1 aliphatic heterocycles. The van der Waals surface area contributed by atoms with Crippen molar-refractivity contribution in [3.63, 3.8) is 0 Å². The van der Waals surface area contributed by atoms with Crippen LogP contribution in [0.2, 0.25) is 10.0 Å². The van der Waals surface area contributed by atoms with Crippen molar-refractivity contribution >= 4 is 23.2 Å². The summed E-state index contributed by atoms with van der Waals surface area (Å²) in [4.78, 5) is 4.81. The van der Waals surface area contributed by atoms with Crippen LogP contribution in [0.15, 0.2) is 18.2 Å². The summed E-state index contributed by atoms with van der Waals surface area (Å²) < 4.78 is 0. The Kier molecular flexibility index (Phi) is 5.92. The van der Waals surface area contributed by atoms with Gasteiger partial charge in [0.2, 0.25) is 0 Å². The first-order chi connectivity index (χ1) is 9.90. The fraction of sp³-hybridized carbons (Fsp3) is 0.625. The summed E-state index contributed by atoms with van der Waals surface area (Å²) in [5, 5.41) is 1.17. The second-order valence-corrected chi connectivity index (χ2v) is 7.09. The number of halogens is 2. The summed E-state index contributed by atoms with van der Waals surface area (Å²) in [6.07, 6.45) is 0.896. The van der Waals surface area contributed by atoms with E-state index in [1.807, 2.05) is 12.1 Å². The number of nitrogens with two attached hydrogens (primary N) is 1. The van der Waals surface area contributed by atoms with Crippen LogP contribution in [0.1, 0.15) is 24.9 Å². The number of rotatable bonds is 5. The Morgan fingerprint density at radius 2 is 2.05 bits per heavy atom. The highest BCUT2D eigenvalue weighted by molar-refractivity contribution is 6.42. The molecule has 5 heteroatoms. The minimum Gasteiger partial charge on any atom is -0.324 e. The van der Waals surface area contributed by atoms with Gasteiger partial charge in [0.25, 0.3) is 0 Å². The molecule has 0 saturated carbocycles. The van der Waals surface area contributed by atoms with Crippen molar-refractivity contribution in [2.45, 2.75) is 25.4 Å². The van der Waals surface area contributed by atoms with Gasteiger partial charge in [-0.15, -0.1) is 0 Å². The van der Waals surface area contributed by atoms with Crippen LogP contribution in [0.25, 0.3) is 0 Å². The molecule has 1 heterocycles. The van der Waals surface area contributed by atoms with E-state index in [1.165, 1.54) is 0 Å². The molecule has 1 aliphatic rings. The molecule has 3 unspecified atom stereocenters. The van der Waals surface area contributed by atoms with E-state index in [0.29, 0.717) is 22.0 Å². The SMILES string of the molecule is CC1CN(CCC(N)c2cccc(Cl)c2Cl)CC1N(C)C. The van der Waals surface area contributed by atoms with Gasteiger partial charge in [-0.05, 0) is 38.1 Å². The molecule has 0 radical (unpaired) electrons. The number of hydrogen-bond donors (Lipinski definition) is 1. The molecule has 1 saturated heterocycles. The van der Waals surface area contributed by atoms with Crippen LogP contribution in [0, 0.1) is 5.92 Å². The van der Waals surface area contributed by atoms with Crippen LogP contribution in [-0.2, 0) is 0 Å². The molecule has 0 amide bonds. The maximum atomic E-state index is 6.29. The third-order valence-electron chi connectivity index (χ3n) is 4.45. The first kappa shape index (κ1) is 17.0. The average molecular weight is 330 g/mol. The molecular formula is C16H25Cl2N3. The Balaban J connectivity index is 1.90. The smallest absolute Gasteiger partial charge is 0.0640 e. The maximum absolute atomic E-state index is 6.29. The van der Waals surface area contributed by atoms with E-state index in [2.05, 4.69) is 30.8 Å². The number of hydrogen-bond acceptors (Lipinski definition) is 3. The van der Waals surface area contributed by atoms with Gasteiger partial charge >= 0.3 is 0 Å². The Morgan fingerprint density at radius 1 is 1.33 bits per heavy atom. The maximum Gasteiger partial charge on any atom is 0.0640 e. The van der Waals surface area contributed by atoms with Crippen LogP contribution in [0.5, 0.6) is 0 Å². The normalized spacial score (nSPS) is 24.7. The monoisotopic (exact) mass is 329 g/mol. The number of likely N-dealkylation sites (N-methyl/N-ethyl adjacent to an activating group) is 1. The minimum absolute atomic E-state index is 0.0649. The molecule has 0 aromatic heterocycles. The molecule has 3 atom stereocenters. The topological polar surface area (TPSA) is 32.5 Å². The second-order valence-electron chi connectivity index (χ2n) is 6.31. The van der Waals surface area contributed by atoms with Crippen molar-refractivity contribution < 1.29 is 0 Å². The van der Waals surface area contributed by atoms with Crippen LogP contribution in [0.3, 0.4) is 0 Å². The van der Waals surface area contributed by atoms with Crippen molar-refractivity contribution in [1.82, 2.24) is 9.80 Å². The first-order valence-corrected chi connectivity index (χ1v) is 8.24. The van der Waals surface area contributed by atoms with Crippen molar-refractivity contribution in [2.24, 2.45) is 11.7 Å². The summed E-state index contributed by atoms with van der Waals surface area (Å²) in [5.74, 6) is 0.700. The fourth-order valence-electron chi connectivity index (χ4n) is 3.19. The summed E-state index contributed by atoms with van der Waals surface area (Å²) in [6, 6.07) is 6.24. The highest BCUT2D eigenvalue weighted by atomic mass is 35.5. The van der Waals surface area contributed by atoms with Gasteiger partial charge in [-0.1, -0.05) is 42.3 Å². The number of nitrogens with zero attached hydrogens (tertiary/aromatic N) is 2. The van der Waals surface area contributed by atoms with Gasteiger partial charge in [-0.2, -0.15) is 0 Å². The Hall–Kier alpha value is -0.320. The van der Waals surface area contributed by atoms with Crippen molar-refractivity contribution in [3.05, 3.63) is 33.8 Å². The van der Waals surface area contributed by atoms with Gasteiger partial charge in [-0.3, -0.25) is 0 Å². The second kappa shape index (κ2) is 7.30. The highest BCUT2D eigenvalue weighted by Gasteiger charge is 2.30. The standard InChI is InChI=1S/C16H25Cl2N3/c1-11-9-21(10-15(11)20(2)3)8-7-14(19)12-5-4-6-13(17)16(12)18/h4-6,11,14-15H,7-10,19H2,1-3H3. The lowest BCUT2D eigenvalue weighted by Crippen LogP contribution is -2.34. The van der Waals surface area contributed by atoms with Crippen molar-refractivity contribution in [2.75, 3.05) is 33.7 Å². The Bertz CT molecular complexity index is 479. The van der Waals surface area contributed by atoms with E-state index in [1.54, 1.807) is 6.07 Å². The zero-order chi connectivity index (χ0) is 15.6. The molecule has 1 aromatic rings. The lowest BCUT2D eigenvalue weighted by Gasteiger charge is -2.23. The van der Waals surface area contributed by atoms with E-state index in [0.717, 1.165) is 31.6 Å². The predicted octanol–water partition coefficient (Wildman–Crippen LogP) is 3.27. The van der Waals surface area contributed by atoms with E-state index >= 15 is 0 Å². The molecule has 0 aliphatic carbocycles. The van der Waals surface area contributed by atoms with Gasteiger partial charge in [0.1, 0.15) is 0 Å². The molecule has 1 aromatic carbocycles. The van der Waals surface area contributed by atoms with Gasteiger partial charge in [0, 0.05) is 31.7 Å². The molecule has 1 fully saturated rings. The molecule has 0 spiro atoms. The van der Waals surface area contributed by atoms with E-state index in [4.69, 9.17) is 28.9 Å². The molecule has 0 bridgehead atoms. The van der Waals surface area contributed by atoms with Gasteiger partial charge < -0.3 is 15.5 Å². The van der Waals surface area contributed by atoms with E-state index in [-0.39, 0.29) is 6.04 Å². The largest absolute Gasteiger partial charge is 0.324 e. The predicted molar refractivity (Wildman–Crippen MR) is 91.1 cm³/mol. The van der Waals surface area contributed by atoms with E-state index < -0.39 is 0 Å². The Morgan fingerprint density at radius 3 is 2.67 bits per heavy atom. The van der Waals surface area contributed by atoms with Crippen LogP contribution < -0.4 is 5.73 Å². The summed E-state index contributed by atoms with van der Waals surface area (Å²) in [5.41, 5.74) is 7.24. The molecule has 118 valence electrons. The van der Waals surface area contributed by atoms with Gasteiger partial charge in [0.15, 0.2) is 0 Å². The molecule has 3 nitrogen and oxygen atoms in total. The third-order valence-corrected chi connectivity index (χ3v) is 5.28. The summed E-state index contributed by atoms with van der Waals surface area (Å²) >= 11 is 12.3. The summed E-state index contributed by atoms with van der Waals surface area (Å²) in [7, 11) is 4.31. The van der Waals surface area contributed by atoms with Crippen LogP contribution in [-0.4, -0.2) is 49.6 Å². The quantitative estimate of drug-likeness (QED) is 0.899. The number of likely N-dealkylation sites (tertiary alicyclic amines) is 1. The van der Waals surface area contributed by atoms with Gasteiger partial charge in [0.05, 0.1) is 10.0 Å². The van der Waals surface area contributed by atoms with Crippen molar-refractivity contribution in [3.8, 4) is 0 Å². The first-order valence-electron chi connectivity index (χ1n) is 7.48. The molecule has 21 heavy (non-hydrogen) atoms. The van der Waals surface area contributed by atoms with Crippen LogP contribution >= 0.6 is 23.2 Å². The molecule has 2 N–H and O–H groups in total. The fourth-order valence-corrected chi connectivity index (χ4v) is 3.63. The lowest BCUT2D eigenvalue weighted by molar-refractivity contribution is 0.250. The Labute approximate surface area is 138 Å². The number of benzene rings is 1. The average Bonchev–Trinajstić information content (AvgIpc) is 2.80. The molecular weight excluding hydrogens is 305 g/mol. The zero-order valence-electron chi connectivity index (χ0n) is 13.0. The van der Waals surface area contributed by atoms with E-state index in [9.17, 15) is 0 Å². The minimum atomic E-state index is -0.0649. The summed E-state index contributed by atoms with van der Waals surface area (Å²) in [6.45, 7) is 5.57. The van der Waals surface area contributed by atoms with Gasteiger partial charge in [-0.25, -0.2) is 0 Å². The molecule has 2 rings (SSSR count). The zero-order valence-corrected chi connectivity index (χ0v) is 14.5. The highest BCUT2D eigenvalue weighted by Crippen LogP contribution is 2.30.